The zero-order valence-electron chi connectivity index (χ0n) is 13.4. The van der Waals surface area contributed by atoms with Crippen LogP contribution in [0, 0.1) is 5.92 Å². The number of piperazine rings is 1. The molecule has 1 unspecified atom stereocenters. The molecule has 1 saturated heterocycles. The predicted octanol–water partition coefficient (Wildman–Crippen LogP) is 1.86. The lowest BCUT2D eigenvalue weighted by Crippen LogP contribution is -2.52. The number of sulfonamides is 1. The topological polar surface area (TPSA) is 78.5 Å². The molecule has 1 atom stereocenters. The van der Waals surface area contributed by atoms with Crippen molar-refractivity contribution in [1.82, 2.24) is 9.62 Å². The number of carbonyl (C=O) groups is 1. The minimum Gasteiger partial charge on any atom is -0.326 e. The molecule has 1 aromatic rings. The Labute approximate surface area is 155 Å². The van der Waals surface area contributed by atoms with Crippen molar-refractivity contribution in [3.8, 4) is 0 Å². The van der Waals surface area contributed by atoms with Crippen molar-refractivity contribution in [1.29, 1.82) is 0 Å². The molecule has 3 rings (SSSR count). The van der Waals surface area contributed by atoms with Crippen molar-refractivity contribution in [2.45, 2.75) is 30.7 Å². The Morgan fingerprint density at radius 1 is 1.21 bits per heavy atom. The van der Waals surface area contributed by atoms with Crippen molar-refractivity contribution in [2.75, 3.05) is 25.0 Å². The van der Waals surface area contributed by atoms with Gasteiger partial charge >= 0.3 is 0 Å². The van der Waals surface area contributed by atoms with E-state index in [2.05, 4.69) is 10.6 Å². The van der Waals surface area contributed by atoms with Crippen LogP contribution in [0.15, 0.2) is 29.2 Å². The quantitative estimate of drug-likeness (QED) is 0.815. The fraction of sp³-hybridized carbons (Fsp3) is 0.533. The lowest BCUT2D eigenvalue weighted by atomic mass is 10.3. The van der Waals surface area contributed by atoms with Crippen LogP contribution in [0.5, 0.6) is 0 Å². The fourth-order valence-corrected chi connectivity index (χ4v) is 4.25. The van der Waals surface area contributed by atoms with Gasteiger partial charge in [0.05, 0.1) is 4.90 Å². The summed E-state index contributed by atoms with van der Waals surface area (Å²) < 4.78 is 26.8. The first-order valence-corrected chi connectivity index (χ1v) is 9.06. The van der Waals surface area contributed by atoms with Crippen LogP contribution in [0.3, 0.4) is 0 Å². The minimum atomic E-state index is -3.48. The maximum absolute atomic E-state index is 12.7. The summed E-state index contributed by atoms with van der Waals surface area (Å²) >= 11 is 0. The van der Waals surface area contributed by atoms with Crippen LogP contribution in [0.2, 0.25) is 0 Å². The van der Waals surface area contributed by atoms with E-state index < -0.39 is 10.0 Å². The number of nitrogens with zero attached hydrogens (tertiary/aromatic N) is 1. The van der Waals surface area contributed by atoms with Crippen LogP contribution in [0.4, 0.5) is 5.69 Å². The van der Waals surface area contributed by atoms with E-state index in [-0.39, 0.29) is 47.6 Å². The highest BCUT2D eigenvalue weighted by Gasteiger charge is 2.31. The Morgan fingerprint density at radius 3 is 2.38 bits per heavy atom. The van der Waals surface area contributed by atoms with E-state index in [1.54, 1.807) is 24.3 Å². The summed E-state index contributed by atoms with van der Waals surface area (Å²) in [4.78, 5) is 12.0. The van der Waals surface area contributed by atoms with E-state index >= 15 is 0 Å². The molecule has 0 radical (unpaired) electrons. The largest absolute Gasteiger partial charge is 0.326 e. The second-order valence-electron chi connectivity index (χ2n) is 5.96. The second kappa shape index (κ2) is 8.49. The molecule has 2 fully saturated rings. The zero-order chi connectivity index (χ0) is 15.7. The van der Waals surface area contributed by atoms with E-state index in [9.17, 15) is 13.2 Å². The monoisotopic (exact) mass is 395 g/mol. The Balaban J connectivity index is 0.00000144. The van der Waals surface area contributed by atoms with Gasteiger partial charge in [-0.2, -0.15) is 4.31 Å². The summed E-state index contributed by atoms with van der Waals surface area (Å²) in [5, 5.41) is 6.00. The van der Waals surface area contributed by atoms with E-state index in [1.807, 2.05) is 6.92 Å². The first-order valence-electron chi connectivity index (χ1n) is 7.62. The van der Waals surface area contributed by atoms with E-state index in [4.69, 9.17) is 0 Å². The zero-order valence-corrected chi connectivity index (χ0v) is 15.8. The maximum Gasteiger partial charge on any atom is 0.243 e. The van der Waals surface area contributed by atoms with Crippen molar-refractivity contribution >= 4 is 46.4 Å². The molecule has 2 N–H and O–H groups in total. The molecule has 1 aromatic carbocycles. The van der Waals surface area contributed by atoms with Gasteiger partial charge in [-0.05, 0) is 44.0 Å². The molecule has 1 amide bonds. The SMILES string of the molecule is CC1CNCCN1S(=O)(=O)c1ccc(NC(=O)C2CC2)cc1.Cl.Cl. The minimum absolute atomic E-state index is 0. The molecule has 0 spiro atoms. The Bertz CT molecular complexity index is 663. The molecule has 0 aromatic heterocycles. The van der Waals surface area contributed by atoms with Gasteiger partial charge in [-0.3, -0.25) is 4.79 Å². The number of nitrogens with one attached hydrogen (secondary N) is 2. The number of rotatable bonds is 4. The number of hydrogen-bond donors (Lipinski definition) is 2. The molecule has 1 aliphatic carbocycles. The molecule has 6 nitrogen and oxygen atoms in total. The van der Waals surface area contributed by atoms with Crippen molar-refractivity contribution in [2.24, 2.45) is 5.92 Å². The molecule has 0 bridgehead atoms. The Hall–Kier alpha value is -0.860. The first kappa shape index (κ1) is 21.2. The third kappa shape index (κ3) is 4.61. The van der Waals surface area contributed by atoms with Gasteiger partial charge in [0.25, 0.3) is 0 Å². The van der Waals surface area contributed by atoms with Gasteiger partial charge in [0.2, 0.25) is 15.9 Å². The number of halogens is 2. The highest BCUT2D eigenvalue weighted by atomic mass is 35.5. The molecular formula is C15H23Cl2N3O3S. The summed E-state index contributed by atoms with van der Waals surface area (Å²) in [5.41, 5.74) is 0.643. The van der Waals surface area contributed by atoms with Crippen LogP contribution in [-0.4, -0.2) is 44.3 Å². The van der Waals surface area contributed by atoms with Crippen LogP contribution < -0.4 is 10.6 Å². The van der Waals surface area contributed by atoms with Gasteiger partial charge in [-0.25, -0.2) is 8.42 Å². The molecule has 1 aliphatic heterocycles. The van der Waals surface area contributed by atoms with Crippen LogP contribution in [0.1, 0.15) is 19.8 Å². The van der Waals surface area contributed by atoms with Crippen LogP contribution in [0.25, 0.3) is 0 Å². The third-order valence-electron chi connectivity index (χ3n) is 4.12. The maximum atomic E-state index is 12.7. The lowest BCUT2D eigenvalue weighted by molar-refractivity contribution is -0.117. The Kier molecular flexibility index (Phi) is 7.49. The van der Waals surface area contributed by atoms with Gasteiger partial charge in [-0.1, -0.05) is 0 Å². The van der Waals surface area contributed by atoms with Crippen molar-refractivity contribution < 1.29 is 13.2 Å². The normalized spacial score (nSPS) is 21.3. The number of anilines is 1. The highest BCUT2D eigenvalue weighted by molar-refractivity contribution is 7.89. The number of benzene rings is 1. The first-order chi connectivity index (χ1) is 10.5. The van der Waals surface area contributed by atoms with Gasteiger partial charge in [0, 0.05) is 37.3 Å². The number of amides is 1. The molecule has 9 heteroatoms. The standard InChI is InChI=1S/C15H21N3O3S.2ClH/c1-11-10-16-8-9-18(11)22(20,21)14-6-4-13(5-7-14)17-15(19)12-2-3-12;;/h4-7,11-12,16H,2-3,8-10H2,1H3,(H,17,19);2*1H. The van der Waals surface area contributed by atoms with Crippen LogP contribution >= 0.6 is 24.8 Å². The van der Waals surface area contributed by atoms with E-state index in [1.165, 1.54) is 4.31 Å². The van der Waals surface area contributed by atoms with Crippen molar-refractivity contribution in [3.63, 3.8) is 0 Å². The second-order valence-corrected chi connectivity index (χ2v) is 7.85. The smallest absolute Gasteiger partial charge is 0.243 e. The molecule has 136 valence electrons. The molecule has 24 heavy (non-hydrogen) atoms. The predicted molar refractivity (Wildman–Crippen MR) is 98.5 cm³/mol. The molecule has 2 aliphatic rings. The van der Waals surface area contributed by atoms with Gasteiger partial charge in [0.15, 0.2) is 0 Å². The summed E-state index contributed by atoms with van der Waals surface area (Å²) in [6.07, 6.45) is 1.89. The third-order valence-corrected chi connectivity index (χ3v) is 6.14. The van der Waals surface area contributed by atoms with Gasteiger partial charge in [0.1, 0.15) is 0 Å². The van der Waals surface area contributed by atoms with Crippen LogP contribution in [-0.2, 0) is 14.8 Å². The lowest BCUT2D eigenvalue weighted by Gasteiger charge is -2.32. The number of carbonyl (C=O) groups excluding carboxylic acids is 1. The van der Waals surface area contributed by atoms with Gasteiger partial charge < -0.3 is 10.6 Å². The van der Waals surface area contributed by atoms with E-state index in [0.717, 1.165) is 12.8 Å². The summed E-state index contributed by atoms with van der Waals surface area (Å²) in [6.45, 7) is 3.70. The average molecular weight is 396 g/mol. The highest BCUT2D eigenvalue weighted by Crippen LogP contribution is 2.30. The summed E-state index contributed by atoms with van der Waals surface area (Å²) in [5.74, 6) is 0.149. The van der Waals surface area contributed by atoms with Gasteiger partial charge in [-0.15, -0.1) is 24.8 Å². The Morgan fingerprint density at radius 2 is 1.83 bits per heavy atom. The summed E-state index contributed by atoms with van der Waals surface area (Å²) in [7, 11) is -3.48. The molecule has 1 saturated carbocycles. The number of hydrogen-bond acceptors (Lipinski definition) is 4. The fourth-order valence-electron chi connectivity index (χ4n) is 2.61. The molecular weight excluding hydrogens is 373 g/mol. The van der Waals surface area contributed by atoms with E-state index in [0.29, 0.717) is 25.3 Å². The average Bonchev–Trinajstić information content (AvgIpc) is 3.33. The molecule has 1 heterocycles. The van der Waals surface area contributed by atoms with Crippen molar-refractivity contribution in [3.05, 3.63) is 24.3 Å². The summed E-state index contributed by atoms with van der Waals surface area (Å²) in [6, 6.07) is 6.37.